The Bertz CT molecular complexity index is 528. The second-order valence-electron chi connectivity index (χ2n) is 4.39. The van der Waals surface area contributed by atoms with Crippen molar-refractivity contribution in [3.05, 3.63) is 46.7 Å². The average Bonchev–Trinajstić information content (AvgIpc) is 2.68. The zero-order chi connectivity index (χ0) is 11.8. The molecule has 2 aromatic rings. The van der Waals surface area contributed by atoms with Crippen molar-refractivity contribution in [2.45, 2.75) is 18.9 Å². The molecule has 1 unspecified atom stereocenters. The first-order valence-corrected chi connectivity index (χ1v) is 6.15. The molecule has 3 nitrogen and oxygen atoms in total. The molecule has 17 heavy (non-hydrogen) atoms. The number of hydrogen-bond donors (Lipinski definition) is 1. The van der Waals surface area contributed by atoms with E-state index in [9.17, 15) is 0 Å². The van der Waals surface area contributed by atoms with Crippen molar-refractivity contribution in [3.8, 4) is 0 Å². The van der Waals surface area contributed by atoms with Crippen LogP contribution in [-0.2, 0) is 13.5 Å². The summed E-state index contributed by atoms with van der Waals surface area (Å²) in [6.07, 6.45) is 3.84. The molecule has 3 rings (SSSR count). The monoisotopic (exact) mass is 247 g/mol. The van der Waals surface area contributed by atoms with E-state index >= 15 is 0 Å². The quantitative estimate of drug-likeness (QED) is 0.839. The van der Waals surface area contributed by atoms with Gasteiger partial charge in [0.15, 0.2) is 0 Å². The van der Waals surface area contributed by atoms with E-state index in [1.54, 1.807) is 6.20 Å². The van der Waals surface area contributed by atoms with Gasteiger partial charge in [-0.25, -0.2) is 0 Å². The molecule has 0 fully saturated rings. The normalized spacial score (nSPS) is 18.6. The van der Waals surface area contributed by atoms with Gasteiger partial charge in [-0.05, 0) is 24.5 Å². The van der Waals surface area contributed by atoms with E-state index < -0.39 is 0 Å². The Balaban J connectivity index is 1.95. The number of hydrogen-bond acceptors (Lipinski definition) is 2. The van der Waals surface area contributed by atoms with Crippen LogP contribution in [0.4, 0.5) is 5.69 Å². The highest BCUT2D eigenvalue weighted by Crippen LogP contribution is 2.34. The first-order chi connectivity index (χ1) is 8.25. The average molecular weight is 248 g/mol. The number of rotatable bonds is 1. The summed E-state index contributed by atoms with van der Waals surface area (Å²) in [5.74, 6) is 0. The van der Waals surface area contributed by atoms with Crippen LogP contribution in [0.5, 0.6) is 0 Å². The molecule has 1 N–H and O–H groups in total. The van der Waals surface area contributed by atoms with Crippen LogP contribution in [0.1, 0.15) is 23.7 Å². The molecule has 0 amide bonds. The lowest BCUT2D eigenvalue weighted by atomic mass is 9.96. The fraction of sp³-hybridized carbons (Fsp3) is 0.308. The zero-order valence-electron chi connectivity index (χ0n) is 9.65. The molecule has 0 saturated heterocycles. The molecule has 0 bridgehead atoms. The van der Waals surface area contributed by atoms with Gasteiger partial charge in [-0.15, -0.1) is 0 Å². The minimum atomic E-state index is 0.255. The minimum absolute atomic E-state index is 0.255. The highest BCUT2D eigenvalue weighted by Gasteiger charge is 2.23. The lowest BCUT2D eigenvalue weighted by Crippen LogP contribution is -2.20. The Morgan fingerprint density at radius 2 is 2.24 bits per heavy atom. The third-order valence-electron chi connectivity index (χ3n) is 3.32. The summed E-state index contributed by atoms with van der Waals surface area (Å²) >= 11 is 6.18. The second kappa shape index (κ2) is 4.08. The van der Waals surface area contributed by atoms with Gasteiger partial charge in [-0.1, -0.05) is 29.8 Å². The summed E-state index contributed by atoms with van der Waals surface area (Å²) in [7, 11) is 1.93. The van der Waals surface area contributed by atoms with Gasteiger partial charge in [0.1, 0.15) is 0 Å². The van der Waals surface area contributed by atoms with Gasteiger partial charge in [-0.3, -0.25) is 4.68 Å². The maximum absolute atomic E-state index is 6.18. The number of aryl methyl sites for hydroxylation is 2. The van der Waals surface area contributed by atoms with Gasteiger partial charge in [0.05, 0.1) is 23.0 Å². The number of aromatic nitrogens is 2. The van der Waals surface area contributed by atoms with E-state index in [4.69, 9.17) is 11.6 Å². The van der Waals surface area contributed by atoms with Crippen LogP contribution in [0.25, 0.3) is 0 Å². The van der Waals surface area contributed by atoms with Gasteiger partial charge in [0, 0.05) is 12.7 Å². The summed E-state index contributed by atoms with van der Waals surface area (Å²) in [6, 6.07) is 8.68. The van der Waals surface area contributed by atoms with Crippen molar-refractivity contribution in [3.63, 3.8) is 0 Å². The van der Waals surface area contributed by atoms with E-state index in [0.29, 0.717) is 0 Å². The summed E-state index contributed by atoms with van der Waals surface area (Å²) in [6.45, 7) is 0. The van der Waals surface area contributed by atoms with Crippen LogP contribution in [-0.4, -0.2) is 9.78 Å². The molecule has 1 aliphatic heterocycles. The van der Waals surface area contributed by atoms with Crippen molar-refractivity contribution in [1.82, 2.24) is 9.78 Å². The van der Waals surface area contributed by atoms with Gasteiger partial charge in [0.25, 0.3) is 0 Å². The van der Waals surface area contributed by atoms with Crippen LogP contribution < -0.4 is 5.32 Å². The van der Waals surface area contributed by atoms with E-state index in [-0.39, 0.29) is 6.04 Å². The van der Waals surface area contributed by atoms with Gasteiger partial charge in [0.2, 0.25) is 0 Å². The maximum atomic E-state index is 6.18. The molecule has 1 aliphatic rings. The number of benzene rings is 1. The number of anilines is 1. The largest absolute Gasteiger partial charge is 0.376 e. The summed E-state index contributed by atoms with van der Waals surface area (Å²) < 4.78 is 1.86. The molecule has 0 saturated carbocycles. The molecule has 4 heteroatoms. The van der Waals surface area contributed by atoms with Crippen LogP contribution in [0.2, 0.25) is 5.02 Å². The third kappa shape index (κ3) is 1.80. The molecule has 88 valence electrons. The Hall–Kier alpha value is -1.48. The van der Waals surface area contributed by atoms with E-state index in [2.05, 4.69) is 34.7 Å². The number of para-hydroxylation sites is 1. The first kappa shape index (κ1) is 10.7. The summed E-state index contributed by atoms with van der Waals surface area (Å²) in [4.78, 5) is 0. The molecule has 0 radical (unpaired) electrons. The van der Waals surface area contributed by atoms with Crippen molar-refractivity contribution >= 4 is 17.3 Å². The highest BCUT2D eigenvalue weighted by molar-refractivity contribution is 6.31. The Kier molecular flexibility index (Phi) is 2.56. The number of fused-ring (bicyclic) bond motifs is 1. The second-order valence-corrected chi connectivity index (χ2v) is 4.80. The van der Waals surface area contributed by atoms with Crippen LogP contribution >= 0.6 is 11.6 Å². The third-order valence-corrected chi connectivity index (χ3v) is 3.61. The van der Waals surface area contributed by atoms with Crippen molar-refractivity contribution in [1.29, 1.82) is 0 Å². The number of nitrogens with zero attached hydrogens (tertiary/aromatic N) is 2. The van der Waals surface area contributed by atoms with Gasteiger partial charge < -0.3 is 5.32 Å². The van der Waals surface area contributed by atoms with Crippen LogP contribution in [0, 0.1) is 0 Å². The molecular weight excluding hydrogens is 234 g/mol. The molecule has 2 heterocycles. The van der Waals surface area contributed by atoms with E-state index in [0.717, 1.165) is 23.6 Å². The maximum Gasteiger partial charge on any atom is 0.0839 e. The lowest BCUT2D eigenvalue weighted by molar-refractivity contribution is 0.597. The summed E-state index contributed by atoms with van der Waals surface area (Å²) in [5, 5.41) is 8.47. The standard InChI is InChI=1S/C13H14ClN3/c1-17-13(10(14)8-15-17)12-7-6-9-4-2-3-5-11(9)16-12/h2-5,8,12,16H,6-7H2,1H3. The smallest absolute Gasteiger partial charge is 0.0839 e. The topological polar surface area (TPSA) is 29.9 Å². The summed E-state index contributed by atoms with van der Waals surface area (Å²) in [5.41, 5.74) is 3.66. The first-order valence-electron chi connectivity index (χ1n) is 5.77. The fourth-order valence-corrected chi connectivity index (χ4v) is 2.75. The molecule has 1 aromatic carbocycles. The lowest BCUT2D eigenvalue weighted by Gasteiger charge is -2.27. The Morgan fingerprint density at radius 3 is 3.00 bits per heavy atom. The van der Waals surface area contributed by atoms with Crippen molar-refractivity contribution in [2.24, 2.45) is 7.05 Å². The molecular formula is C13H14ClN3. The highest BCUT2D eigenvalue weighted by atomic mass is 35.5. The van der Waals surface area contributed by atoms with E-state index in [1.807, 2.05) is 11.7 Å². The number of halogens is 1. The van der Waals surface area contributed by atoms with Gasteiger partial charge >= 0.3 is 0 Å². The zero-order valence-corrected chi connectivity index (χ0v) is 10.4. The van der Waals surface area contributed by atoms with Crippen LogP contribution in [0.3, 0.4) is 0 Å². The molecule has 0 spiro atoms. The van der Waals surface area contributed by atoms with Crippen molar-refractivity contribution in [2.75, 3.05) is 5.32 Å². The predicted octanol–water partition coefficient (Wildman–Crippen LogP) is 3.17. The van der Waals surface area contributed by atoms with Crippen LogP contribution in [0.15, 0.2) is 30.5 Å². The predicted molar refractivity (Wildman–Crippen MR) is 69.3 cm³/mol. The Morgan fingerprint density at radius 1 is 1.41 bits per heavy atom. The fourth-order valence-electron chi connectivity index (χ4n) is 2.46. The van der Waals surface area contributed by atoms with E-state index in [1.165, 1.54) is 11.3 Å². The molecule has 1 atom stereocenters. The SMILES string of the molecule is Cn1ncc(Cl)c1C1CCc2ccccc2N1. The van der Waals surface area contributed by atoms with Crippen molar-refractivity contribution < 1.29 is 0 Å². The number of nitrogens with one attached hydrogen (secondary N) is 1. The minimum Gasteiger partial charge on any atom is -0.376 e. The molecule has 1 aromatic heterocycles. The molecule has 0 aliphatic carbocycles. The van der Waals surface area contributed by atoms with Gasteiger partial charge in [-0.2, -0.15) is 5.10 Å². The Labute approximate surface area is 105 Å².